The first kappa shape index (κ1) is 18.7. The number of carbonyl (C=O) groups excluding carboxylic acids is 2. The van der Waals surface area contributed by atoms with Crippen molar-refractivity contribution in [1.29, 1.82) is 0 Å². The van der Waals surface area contributed by atoms with Gasteiger partial charge in [0.05, 0.1) is 4.75 Å². The largest absolute Gasteiger partial charge is 0.353 e. The molecule has 3 aliphatic rings. The van der Waals surface area contributed by atoms with Gasteiger partial charge in [-0.15, -0.1) is 0 Å². The summed E-state index contributed by atoms with van der Waals surface area (Å²) in [5.41, 5.74) is 0. The molecule has 0 spiro atoms. The van der Waals surface area contributed by atoms with Gasteiger partial charge in [0.2, 0.25) is 21.8 Å². The zero-order valence-corrected chi connectivity index (χ0v) is 15.9. The molecule has 0 saturated heterocycles. The number of rotatable bonds is 6. The fourth-order valence-corrected chi connectivity index (χ4v) is 5.95. The van der Waals surface area contributed by atoms with E-state index in [1.807, 2.05) is 6.92 Å². The lowest BCUT2D eigenvalue weighted by molar-refractivity contribution is -0.126. The van der Waals surface area contributed by atoms with Crippen molar-refractivity contribution in [3.8, 4) is 0 Å². The third-order valence-corrected chi connectivity index (χ3v) is 8.73. The molecule has 3 saturated carbocycles. The molecular formula is C18H30N2O4S. The van der Waals surface area contributed by atoms with E-state index in [4.69, 9.17) is 0 Å². The van der Waals surface area contributed by atoms with E-state index in [9.17, 15) is 18.0 Å². The van der Waals surface area contributed by atoms with Crippen molar-refractivity contribution in [3.63, 3.8) is 0 Å². The normalized spacial score (nSPS) is 29.2. The highest BCUT2D eigenvalue weighted by atomic mass is 32.2. The lowest BCUT2D eigenvalue weighted by Gasteiger charge is -2.29. The number of hydrogen-bond acceptors (Lipinski definition) is 4. The Bertz CT molecular complexity index is 613. The number of sulfonamides is 1. The van der Waals surface area contributed by atoms with Crippen LogP contribution >= 0.6 is 0 Å². The summed E-state index contributed by atoms with van der Waals surface area (Å²) in [4.78, 5) is 24.6. The van der Waals surface area contributed by atoms with Gasteiger partial charge in [-0.2, -0.15) is 0 Å². The molecule has 0 atom stereocenters. The Morgan fingerprint density at radius 1 is 0.920 bits per heavy atom. The standard InChI is InChI=1S/C18H30N2O4S/c1-2-18(11-12-18)25(23,24)20-17(22)14-7-9-15(10-8-14)19-16(21)13-5-3-4-6-13/h13-15H,2-12H2,1H3,(H,19,21)(H,20,22). The van der Waals surface area contributed by atoms with E-state index in [-0.39, 0.29) is 29.7 Å². The van der Waals surface area contributed by atoms with Gasteiger partial charge < -0.3 is 5.32 Å². The first-order valence-corrected chi connectivity index (χ1v) is 11.2. The maximum Gasteiger partial charge on any atom is 0.240 e. The lowest BCUT2D eigenvalue weighted by Crippen LogP contribution is -2.45. The summed E-state index contributed by atoms with van der Waals surface area (Å²) in [6, 6.07) is 0.124. The summed E-state index contributed by atoms with van der Waals surface area (Å²) in [6.07, 6.45) is 8.85. The van der Waals surface area contributed by atoms with Crippen LogP contribution in [0.15, 0.2) is 0 Å². The first-order chi connectivity index (χ1) is 11.9. The Hall–Kier alpha value is -1.11. The topological polar surface area (TPSA) is 92.3 Å². The van der Waals surface area contributed by atoms with Gasteiger partial charge in [0, 0.05) is 17.9 Å². The van der Waals surface area contributed by atoms with Crippen LogP contribution in [0.25, 0.3) is 0 Å². The molecule has 0 bridgehead atoms. The van der Waals surface area contributed by atoms with Crippen molar-refractivity contribution in [1.82, 2.24) is 10.0 Å². The molecule has 0 radical (unpaired) electrons. The minimum Gasteiger partial charge on any atom is -0.353 e. The maximum atomic E-state index is 12.4. The fraction of sp³-hybridized carbons (Fsp3) is 0.889. The molecule has 0 aromatic rings. The van der Waals surface area contributed by atoms with Crippen LogP contribution in [0.4, 0.5) is 0 Å². The molecule has 142 valence electrons. The zero-order valence-electron chi connectivity index (χ0n) is 15.1. The molecule has 0 aromatic carbocycles. The van der Waals surface area contributed by atoms with Crippen molar-refractivity contribution in [2.75, 3.05) is 0 Å². The first-order valence-electron chi connectivity index (χ1n) is 9.73. The quantitative estimate of drug-likeness (QED) is 0.750. The van der Waals surface area contributed by atoms with Crippen LogP contribution in [-0.2, 0) is 19.6 Å². The van der Waals surface area contributed by atoms with Crippen molar-refractivity contribution in [2.45, 2.75) is 88.3 Å². The van der Waals surface area contributed by atoms with Crippen molar-refractivity contribution in [2.24, 2.45) is 11.8 Å². The minimum atomic E-state index is -3.56. The van der Waals surface area contributed by atoms with E-state index in [1.165, 1.54) is 0 Å². The molecule has 7 heteroatoms. The average Bonchev–Trinajstić information content (AvgIpc) is 3.21. The highest BCUT2D eigenvalue weighted by Gasteiger charge is 2.53. The Kier molecular flexibility index (Phi) is 5.42. The van der Waals surface area contributed by atoms with Crippen LogP contribution in [0.1, 0.15) is 77.6 Å². The van der Waals surface area contributed by atoms with Crippen LogP contribution in [0.2, 0.25) is 0 Å². The highest BCUT2D eigenvalue weighted by Crippen LogP contribution is 2.45. The minimum absolute atomic E-state index is 0.124. The monoisotopic (exact) mass is 370 g/mol. The zero-order chi connectivity index (χ0) is 18.1. The molecule has 2 N–H and O–H groups in total. The second-order valence-electron chi connectivity index (χ2n) is 8.04. The molecule has 2 amide bonds. The molecule has 3 fully saturated rings. The number of nitrogens with one attached hydrogen (secondary N) is 2. The third kappa shape index (κ3) is 4.01. The van der Waals surface area contributed by atoms with E-state index in [0.29, 0.717) is 32.1 Å². The van der Waals surface area contributed by atoms with Crippen LogP contribution in [0, 0.1) is 11.8 Å². The van der Waals surface area contributed by atoms with Gasteiger partial charge in [0.25, 0.3) is 0 Å². The molecule has 6 nitrogen and oxygen atoms in total. The van der Waals surface area contributed by atoms with Gasteiger partial charge in [-0.25, -0.2) is 8.42 Å². The van der Waals surface area contributed by atoms with Crippen LogP contribution in [0.3, 0.4) is 0 Å². The predicted molar refractivity (Wildman–Crippen MR) is 95.2 cm³/mol. The van der Waals surface area contributed by atoms with E-state index >= 15 is 0 Å². The summed E-state index contributed by atoms with van der Waals surface area (Å²) < 4.78 is 26.3. The summed E-state index contributed by atoms with van der Waals surface area (Å²) in [5, 5.41) is 3.12. The number of carbonyl (C=O) groups is 2. The molecule has 3 aliphatic carbocycles. The second-order valence-corrected chi connectivity index (χ2v) is 10.1. The Morgan fingerprint density at radius 3 is 2.00 bits per heavy atom. The average molecular weight is 371 g/mol. The van der Waals surface area contributed by atoms with Gasteiger partial charge in [-0.1, -0.05) is 19.8 Å². The van der Waals surface area contributed by atoms with Gasteiger partial charge in [0.1, 0.15) is 0 Å². The van der Waals surface area contributed by atoms with E-state index in [0.717, 1.165) is 38.5 Å². The predicted octanol–water partition coefficient (Wildman–Crippen LogP) is 2.24. The number of amides is 2. The van der Waals surface area contributed by atoms with Gasteiger partial charge in [-0.3, -0.25) is 14.3 Å². The van der Waals surface area contributed by atoms with Crippen LogP contribution in [-0.4, -0.2) is 31.0 Å². The smallest absolute Gasteiger partial charge is 0.240 e. The molecule has 3 rings (SSSR count). The Balaban J connectivity index is 1.45. The molecule has 0 unspecified atom stereocenters. The van der Waals surface area contributed by atoms with E-state index in [2.05, 4.69) is 10.0 Å². The SMILES string of the molecule is CCC1(S(=O)(=O)NC(=O)C2CCC(NC(=O)C3CCCC3)CC2)CC1. The second kappa shape index (κ2) is 7.25. The van der Waals surface area contributed by atoms with Crippen molar-refractivity contribution >= 4 is 21.8 Å². The fourth-order valence-electron chi connectivity index (χ4n) is 4.28. The summed E-state index contributed by atoms with van der Waals surface area (Å²) in [5.74, 6) is -0.302. The van der Waals surface area contributed by atoms with Crippen LogP contribution in [0.5, 0.6) is 0 Å². The van der Waals surface area contributed by atoms with E-state index in [1.54, 1.807) is 0 Å². The molecule has 0 heterocycles. The van der Waals surface area contributed by atoms with E-state index < -0.39 is 14.8 Å². The van der Waals surface area contributed by atoms with Gasteiger partial charge in [-0.05, 0) is 57.8 Å². The molecular weight excluding hydrogens is 340 g/mol. The third-order valence-electron chi connectivity index (χ3n) is 6.43. The summed E-state index contributed by atoms with van der Waals surface area (Å²) in [7, 11) is -3.56. The van der Waals surface area contributed by atoms with Gasteiger partial charge in [0.15, 0.2) is 0 Å². The molecule has 0 aliphatic heterocycles. The lowest BCUT2D eigenvalue weighted by atomic mass is 9.85. The number of hydrogen-bond donors (Lipinski definition) is 2. The van der Waals surface area contributed by atoms with Gasteiger partial charge >= 0.3 is 0 Å². The maximum absolute atomic E-state index is 12.4. The molecule has 25 heavy (non-hydrogen) atoms. The highest BCUT2D eigenvalue weighted by molar-refractivity contribution is 7.91. The van der Waals surface area contributed by atoms with Crippen LogP contribution < -0.4 is 10.0 Å². The van der Waals surface area contributed by atoms with Crippen molar-refractivity contribution < 1.29 is 18.0 Å². The Labute approximate surface area is 150 Å². The summed E-state index contributed by atoms with van der Waals surface area (Å²) >= 11 is 0. The summed E-state index contributed by atoms with van der Waals surface area (Å²) in [6.45, 7) is 1.86. The van der Waals surface area contributed by atoms with Crippen molar-refractivity contribution in [3.05, 3.63) is 0 Å². The molecule has 0 aromatic heterocycles. The Morgan fingerprint density at radius 2 is 1.48 bits per heavy atom.